The summed E-state index contributed by atoms with van der Waals surface area (Å²) in [6.07, 6.45) is 4.56. The van der Waals surface area contributed by atoms with Crippen LogP contribution in [0.25, 0.3) is 10.9 Å². The number of aromatic nitrogens is 2. The van der Waals surface area contributed by atoms with Crippen LogP contribution in [0, 0.1) is 0 Å². The molecule has 1 aliphatic rings. The molecule has 4 rings (SSSR count). The molecule has 0 aliphatic carbocycles. The van der Waals surface area contributed by atoms with Gasteiger partial charge in [0.2, 0.25) is 0 Å². The minimum Gasteiger partial charge on any atom is -0.376 e. The van der Waals surface area contributed by atoms with E-state index in [1.807, 2.05) is 24.4 Å². The molecule has 2 aromatic heterocycles. The Kier molecular flexibility index (Phi) is 3.16. The van der Waals surface area contributed by atoms with E-state index in [-0.39, 0.29) is 0 Å². The highest BCUT2D eigenvalue weighted by atomic mass is 16.5. The number of hydrogen-bond acceptors (Lipinski definition) is 4. The van der Waals surface area contributed by atoms with Crippen molar-refractivity contribution in [2.75, 3.05) is 6.61 Å². The summed E-state index contributed by atoms with van der Waals surface area (Å²) in [4.78, 5) is 4.50. The van der Waals surface area contributed by atoms with E-state index in [0.29, 0.717) is 6.61 Å². The van der Waals surface area contributed by atoms with E-state index in [9.17, 15) is 0 Å². The SMILES string of the molecule is c1ccc2ncc(CCc3noc4c3COCC4)cc2c1. The van der Waals surface area contributed by atoms with Crippen LogP contribution in [0.4, 0.5) is 0 Å². The number of aryl methyl sites for hydroxylation is 2. The molecule has 0 saturated carbocycles. The molecule has 3 aromatic rings. The number of ether oxygens (including phenoxy) is 1. The number of para-hydroxylation sites is 1. The molecular weight excluding hydrogens is 264 g/mol. The maximum atomic E-state index is 5.49. The molecule has 1 aliphatic heterocycles. The summed E-state index contributed by atoms with van der Waals surface area (Å²) in [5, 5.41) is 5.38. The predicted octanol–water partition coefficient (Wildman–Crippen LogP) is 3.08. The molecule has 0 unspecified atom stereocenters. The van der Waals surface area contributed by atoms with Crippen LogP contribution in [0.2, 0.25) is 0 Å². The quantitative estimate of drug-likeness (QED) is 0.739. The van der Waals surface area contributed by atoms with Crippen LogP contribution in [0.5, 0.6) is 0 Å². The molecule has 4 heteroatoms. The molecule has 0 saturated heterocycles. The zero-order valence-electron chi connectivity index (χ0n) is 11.7. The lowest BCUT2D eigenvalue weighted by Crippen LogP contribution is -2.09. The molecule has 106 valence electrons. The van der Waals surface area contributed by atoms with Gasteiger partial charge in [0.15, 0.2) is 0 Å². The van der Waals surface area contributed by atoms with E-state index in [0.717, 1.165) is 48.4 Å². The number of pyridine rings is 1. The lowest BCUT2D eigenvalue weighted by molar-refractivity contribution is 0.102. The summed E-state index contributed by atoms with van der Waals surface area (Å²) in [6.45, 7) is 1.36. The normalized spacial score (nSPS) is 14.3. The van der Waals surface area contributed by atoms with Crippen molar-refractivity contribution in [1.82, 2.24) is 10.1 Å². The third kappa shape index (κ3) is 2.43. The molecule has 0 N–H and O–H groups in total. The van der Waals surface area contributed by atoms with Gasteiger partial charge >= 0.3 is 0 Å². The Morgan fingerprint density at radius 2 is 2.10 bits per heavy atom. The van der Waals surface area contributed by atoms with Gasteiger partial charge in [-0.15, -0.1) is 0 Å². The molecule has 3 heterocycles. The van der Waals surface area contributed by atoms with Crippen molar-refractivity contribution in [3.63, 3.8) is 0 Å². The van der Waals surface area contributed by atoms with Crippen LogP contribution in [-0.2, 0) is 30.6 Å². The summed E-state index contributed by atoms with van der Waals surface area (Å²) in [6, 6.07) is 10.4. The molecule has 0 atom stereocenters. The summed E-state index contributed by atoms with van der Waals surface area (Å²) >= 11 is 0. The van der Waals surface area contributed by atoms with Crippen LogP contribution >= 0.6 is 0 Å². The highest BCUT2D eigenvalue weighted by Gasteiger charge is 2.19. The Labute approximate surface area is 122 Å². The van der Waals surface area contributed by atoms with Crippen molar-refractivity contribution >= 4 is 10.9 Å². The number of nitrogens with zero attached hydrogens (tertiary/aromatic N) is 2. The zero-order chi connectivity index (χ0) is 14.1. The van der Waals surface area contributed by atoms with Crippen molar-refractivity contribution in [2.24, 2.45) is 0 Å². The van der Waals surface area contributed by atoms with Gasteiger partial charge in [-0.25, -0.2) is 0 Å². The highest BCUT2D eigenvalue weighted by molar-refractivity contribution is 5.78. The maximum absolute atomic E-state index is 5.49. The number of fused-ring (bicyclic) bond motifs is 2. The van der Waals surface area contributed by atoms with Crippen LogP contribution in [-0.4, -0.2) is 16.7 Å². The van der Waals surface area contributed by atoms with Gasteiger partial charge in [0, 0.05) is 23.6 Å². The molecule has 21 heavy (non-hydrogen) atoms. The Morgan fingerprint density at radius 1 is 1.14 bits per heavy atom. The van der Waals surface area contributed by atoms with Crippen molar-refractivity contribution in [1.29, 1.82) is 0 Å². The van der Waals surface area contributed by atoms with Crippen molar-refractivity contribution in [3.8, 4) is 0 Å². The third-order valence-electron chi connectivity index (χ3n) is 3.97. The van der Waals surface area contributed by atoms with Gasteiger partial charge in [-0.3, -0.25) is 4.98 Å². The van der Waals surface area contributed by atoms with Crippen molar-refractivity contribution < 1.29 is 9.26 Å². The summed E-state index contributed by atoms with van der Waals surface area (Å²) in [5.74, 6) is 0.993. The first-order valence-corrected chi connectivity index (χ1v) is 7.28. The van der Waals surface area contributed by atoms with E-state index < -0.39 is 0 Å². The summed E-state index contributed by atoms with van der Waals surface area (Å²) in [5.41, 5.74) is 4.43. The van der Waals surface area contributed by atoms with E-state index in [2.05, 4.69) is 22.3 Å². The Hall–Kier alpha value is -2.20. The first kappa shape index (κ1) is 12.5. The van der Waals surface area contributed by atoms with Crippen molar-refractivity contribution in [2.45, 2.75) is 25.9 Å². The van der Waals surface area contributed by atoms with E-state index in [4.69, 9.17) is 9.26 Å². The predicted molar refractivity (Wildman–Crippen MR) is 79.0 cm³/mol. The Balaban J connectivity index is 1.54. The molecule has 4 nitrogen and oxygen atoms in total. The highest BCUT2D eigenvalue weighted by Crippen LogP contribution is 2.22. The molecular formula is C17H16N2O2. The van der Waals surface area contributed by atoms with Gasteiger partial charge in [-0.05, 0) is 30.5 Å². The minimum absolute atomic E-state index is 0.629. The topological polar surface area (TPSA) is 48.2 Å². The number of rotatable bonds is 3. The van der Waals surface area contributed by atoms with Crippen LogP contribution < -0.4 is 0 Å². The van der Waals surface area contributed by atoms with E-state index in [1.165, 1.54) is 10.9 Å². The van der Waals surface area contributed by atoms with Gasteiger partial charge in [-0.2, -0.15) is 0 Å². The van der Waals surface area contributed by atoms with Gasteiger partial charge in [-0.1, -0.05) is 23.4 Å². The van der Waals surface area contributed by atoms with Gasteiger partial charge in [0.1, 0.15) is 5.76 Å². The first-order chi connectivity index (χ1) is 10.4. The second kappa shape index (κ2) is 5.30. The van der Waals surface area contributed by atoms with Crippen LogP contribution in [0.15, 0.2) is 41.1 Å². The maximum Gasteiger partial charge on any atom is 0.144 e. The number of benzene rings is 1. The molecule has 0 amide bonds. The smallest absolute Gasteiger partial charge is 0.144 e. The minimum atomic E-state index is 0.629. The fourth-order valence-electron chi connectivity index (χ4n) is 2.79. The zero-order valence-corrected chi connectivity index (χ0v) is 11.7. The van der Waals surface area contributed by atoms with Crippen LogP contribution in [0.3, 0.4) is 0 Å². The molecule has 1 aromatic carbocycles. The summed E-state index contributed by atoms with van der Waals surface area (Å²) in [7, 11) is 0. The van der Waals surface area contributed by atoms with Gasteiger partial charge < -0.3 is 9.26 Å². The Bertz CT molecular complexity index is 779. The van der Waals surface area contributed by atoms with Crippen molar-refractivity contribution in [3.05, 3.63) is 59.1 Å². The molecule has 0 spiro atoms. The average Bonchev–Trinajstić information content (AvgIpc) is 2.96. The largest absolute Gasteiger partial charge is 0.376 e. The average molecular weight is 280 g/mol. The van der Waals surface area contributed by atoms with E-state index >= 15 is 0 Å². The third-order valence-corrected chi connectivity index (χ3v) is 3.97. The van der Waals surface area contributed by atoms with Crippen LogP contribution in [0.1, 0.15) is 22.6 Å². The monoisotopic (exact) mass is 280 g/mol. The fraction of sp³-hybridized carbons (Fsp3) is 0.294. The molecule has 0 radical (unpaired) electrons. The van der Waals surface area contributed by atoms with Gasteiger partial charge in [0.05, 0.1) is 24.4 Å². The lowest BCUT2D eigenvalue weighted by Gasteiger charge is -2.10. The molecule has 0 fully saturated rings. The van der Waals surface area contributed by atoms with E-state index in [1.54, 1.807) is 0 Å². The first-order valence-electron chi connectivity index (χ1n) is 7.28. The number of hydrogen-bond donors (Lipinski definition) is 0. The lowest BCUT2D eigenvalue weighted by atomic mass is 10.0. The second-order valence-electron chi connectivity index (χ2n) is 5.37. The summed E-state index contributed by atoms with van der Waals surface area (Å²) < 4.78 is 10.9. The standard InChI is InChI=1S/C17H16N2O2/c1-2-4-15-13(3-1)9-12(10-18-15)5-6-16-14-11-20-8-7-17(14)21-19-16/h1-4,9-10H,5-8,11H2. The Morgan fingerprint density at radius 3 is 3.10 bits per heavy atom. The fourth-order valence-corrected chi connectivity index (χ4v) is 2.79. The van der Waals surface area contributed by atoms with Gasteiger partial charge in [0.25, 0.3) is 0 Å². The molecule has 0 bridgehead atoms. The second-order valence-corrected chi connectivity index (χ2v) is 5.37.